The summed E-state index contributed by atoms with van der Waals surface area (Å²) in [6.45, 7) is 1.94. The summed E-state index contributed by atoms with van der Waals surface area (Å²) in [5, 5.41) is 0. The van der Waals surface area contributed by atoms with Crippen LogP contribution >= 0.6 is 0 Å². The van der Waals surface area contributed by atoms with E-state index in [1.54, 1.807) is 17.6 Å². The van der Waals surface area contributed by atoms with Gasteiger partial charge >= 0.3 is 6.18 Å². The van der Waals surface area contributed by atoms with Crippen molar-refractivity contribution in [2.24, 2.45) is 5.84 Å². The van der Waals surface area contributed by atoms with Crippen molar-refractivity contribution in [3.05, 3.63) is 35.4 Å². The van der Waals surface area contributed by atoms with E-state index >= 15 is 0 Å². The quantitative estimate of drug-likeness (QED) is 0.603. The lowest BCUT2D eigenvalue weighted by Gasteiger charge is -2.19. The van der Waals surface area contributed by atoms with Crippen molar-refractivity contribution in [3.63, 3.8) is 0 Å². The molecule has 0 aliphatic carbocycles. The van der Waals surface area contributed by atoms with Crippen molar-refractivity contribution in [1.29, 1.82) is 0 Å². The van der Waals surface area contributed by atoms with Gasteiger partial charge in [0.05, 0.1) is 0 Å². The van der Waals surface area contributed by atoms with Gasteiger partial charge in [-0.2, -0.15) is 13.2 Å². The highest BCUT2D eigenvalue weighted by Crippen LogP contribution is 2.31. The normalized spacial score (nSPS) is 13.9. The van der Waals surface area contributed by atoms with E-state index in [4.69, 9.17) is 5.84 Å². The molecule has 0 saturated heterocycles. The number of alkyl halides is 3. The molecule has 1 aromatic rings. The molecule has 84 valence electrons. The number of nitrogens with one attached hydrogen (secondary N) is 1. The smallest absolute Gasteiger partial charge is 0.271 e. The lowest BCUT2D eigenvalue weighted by molar-refractivity contribution is -0.157. The van der Waals surface area contributed by atoms with Crippen molar-refractivity contribution in [2.75, 3.05) is 0 Å². The average Bonchev–Trinajstić information content (AvgIpc) is 2.18. The van der Waals surface area contributed by atoms with Gasteiger partial charge in [0.2, 0.25) is 0 Å². The van der Waals surface area contributed by atoms with Crippen LogP contribution in [0.1, 0.15) is 24.1 Å². The summed E-state index contributed by atoms with van der Waals surface area (Å²) in [6.07, 6.45) is -3.57. The van der Waals surface area contributed by atoms with Crippen LogP contribution in [0.5, 0.6) is 0 Å². The first-order chi connectivity index (χ1) is 6.99. The van der Waals surface area contributed by atoms with Gasteiger partial charge in [0.25, 0.3) is 0 Å². The van der Waals surface area contributed by atoms with Crippen molar-refractivity contribution in [1.82, 2.24) is 5.43 Å². The van der Waals surface area contributed by atoms with Gasteiger partial charge < -0.3 is 0 Å². The summed E-state index contributed by atoms with van der Waals surface area (Å²) in [4.78, 5) is 0. The number of benzene rings is 1. The van der Waals surface area contributed by atoms with E-state index in [1.165, 1.54) is 12.1 Å². The average molecular weight is 218 g/mol. The third-order valence-corrected chi connectivity index (χ3v) is 2.22. The molecule has 1 rings (SSSR count). The molecule has 1 unspecified atom stereocenters. The number of nitrogens with two attached hydrogens (primary N) is 1. The minimum absolute atomic E-state index is 0.127. The van der Waals surface area contributed by atoms with E-state index in [-0.39, 0.29) is 5.56 Å². The monoisotopic (exact) mass is 218 g/mol. The first-order valence-electron chi connectivity index (χ1n) is 4.60. The van der Waals surface area contributed by atoms with E-state index < -0.39 is 12.2 Å². The largest absolute Gasteiger partial charge is 0.409 e. The second-order valence-electron chi connectivity index (χ2n) is 3.24. The Balaban J connectivity index is 2.93. The van der Waals surface area contributed by atoms with Crippen LogP contribution in [0, 0.1) is 0 Å². The molecule has 15 heavy (non-hydrogen) atoms. The van der Waals surface area contributed by atoms with Gasteiger partial charge in [-0.1, -0.05) is 31.2 Å². The van der Waals surface area contributed by atoms with Crippen LogP contribution < -0.4 is 11.3 Å². The maximum atomic E-state index is 12.4. The fourth-order valence-electron chi connectivity index (χ4n) is 1.33. The van der Waals surface area contributed by atoms with Crippen LogP contribution in [0.25, 0.3) is 0 Å². The fraction of sp³-hybridized carbons (Fsp3) is 0.400. The van der Waals surface area contributed by atoms with Crippen LogP contribution in [0.15, 0.2) is 24.3 Å². The Morgan fingerprint density at radius 1 is 1.27 bits per heavy atom. The van der Waals surface area contributed by atoms with Crippen LogP contribution in [-0.2, 0) is 6.42 Å². The Kier molecular flexibility index (Phi) is 3.71. The van der Waals surface area contributed by atoms with Crippen molar-refractivity contribution < 1.29 is 13.2 Å². The zero-order valence-corrected chi connectivity index (χ0v) is 8.31. The van der Waals surface area contributed by atoms with Crippen molar-refractivity contribution in [2.45, 2.75) is 25.6 Å². The molecule has 0 saturated carbocycles. The predicted octanol–water partition coefficient (Wildman–Crippen LogP) is 2.32. The van der Waals surface area contributed by atoms with E-state index in [0.717, 1.165) is 12.0 Å². The Morgan fingerprint density at radius 2 is 1.80 bits per heavy atom. The van der Waals surface area contributed by atoms with E-state index in [9.17, 15) is 13.2 Å². The third kappa shape index (κ3) is 2.94. The van der Waals surface area contributed by atoms with Gasteiger partial charge in [-0.15, -0.1) is 0 Å². The lowest BCUT2D eigenvalue weighted by atomic mass is 10.0. The molecule has 0 spiro atoms. The molecule has 0 bridgehead atoms. The predicted molar refractivity (Wildman–Crippen MR) is 51.9 cm³/mol. The molecule has 0 amide bonds. The first kappa shape index (κ1) is 12.0. The summed E-state index contributed by atoms with van der Waals surface area (Å²) in [5.41, 5.74) is 2.89. The van der Waals surface area contributed by atoms with E-state index in [1.807, 2.05) is 6.92 Å². The minimum atomic E-state index is -4.37. The van der Waals surface area contributed by atoms with E-state index in [2.05, 4.69) is 0 Å². The molecule has 0 heterocycles. The number of hydrogen-bond acceptors (Lipinski definition) is 2. The zero-order chi connectivity index (χ0) is 11.5. The summed E-state index contributed by atoms with van der Waals surface area (Å²) in [7, 11) is 0. The first-order valence-corrected chi connectivity index (χ1v) is 4.60. The number of halogens is 3. The van der Waals surface area contributed by atoms with Crippen molar-refractivity contribution in [3.8, 4) is 0 Å². The van der Waals surface area contributed by atoms with E-state index in [0.29, 0.717) is 0 Å². The van der Waals surface area contributed by atoms with Gasteiger partial charge in [0, 0.05) is 0 Å². The Bertz CT molecular complexity index is 305. The van der Waals surface area contributed by atoms with Crippen LogP contribution in [0.2, 0.25) is 0 Å². The standard InChI is InChI=1S/C10H13F3N2/c1-2-7-3-5-8(6-4-7)9(15-14)10(11,12)13/h3-6,9,15H,2,14H2,1H3. The maximum Gasteiger partial charge on any atom is 0.409 e. The lowest BCUT2D eigenvalue weighted by Crippen LogP contribution is -2.38. The Labute approximate surface area is 86.2 Å². The Hall–Kier alpha value is -1.07. The van der Waals surface area contributed by atoms with Gasteiger partial charge in [0.1, 0.15) is 6.04 Å². The second kappa shape index (κ2) is 4.63. The Morgan fingerprint density at radius 3 is 2.13 bits per heavy atom. The van der Waals surface area contributed by atoms with Crippen molar-refractivity contribution >= 4 is 0 Å². The van der Waals surface area contributed by atoms with Crippen LogP contribution in [0.4, 0.5) is 13.2 Å². The number of hydrogen-bond donors (Lipinski definition) is 2. The van der Waals surface area contributed by atoms with Gasteiger partial charge in [-0.3, -0.25) is 5.84 Å². The number of hydrazine groups is 1. The summed E-state index contributed by atoms with van der Waals surface area (Å²) < 4.78 is 37.3. The molecule has 1 aromatic carbocycles. The summed E-state index contributed by atoms with van der Waals surface area (Å²) >= 11 is 0. The molecule has 5 heteroatoms. The van der Waals surface area contributed by atoms with Gasteiger partial charge in [-0.05, 0) is 17.5 Å². The molecule has 1 atom stereocenters. The zero-order valence-electron chi connectivity index (χ0n) is 8.31. The number of aryl methyl sites for hydroxylation is 1. The summed E-state index contributed by atoms with van der Waals surface area (Å²) in [6, 6.07) is 4.42. The minimum Gasteiger partial charge on any atom is -0.271 e. The van der Waals surface area contributed by atoms with Crippen LogP contribution in [0.3, 0.4) is 0 Å². The van der Waals surface area contributed by atoms with Crippen LogP contribution in [-0.4, -0.2) is 6.18 Å². The molecule has 0 radical (unpaired) electrons. The molecular formula is C10H13F3N2. The highest BCUT2D eigenvalue weighted by atomic mass is 19.4. The summed E-state index contributed by atoms with van der Waals surface area (Å²) in [5.74, 6) is 4.89. The highest BCUT2D eigenvalue weighted by molar-refractivity contribution is 5.25. The molecule has 0 fully saturated rings. The molecule has 2 nitrogen and oxygen atoms in total. The third-order valence-electron chi connectivity index (χ3n) is 2.22. The van der Waals surface area contributed by atoms with Gasteiger partial charge in [-0.25, -0.2) is 5.43 Å². The SMILES string of the molecule is CCc1ccc(C(NN)C(F)(F)F)cc1. The molecule has 0 aliphatic rings. The number of rotatable bonds is 3. The molecule has 0 aliphatic heterocycles. The molecule has 0 aromatic heterocycles. The molecule has 3 N–H and O–H groups in total. The maximum absolute atomic E-state index is 12.4. The second-order valence-corrected chi connectivity index (χ2v) is 3.24. The topological polar surface area (TPSA) is 38.0 Å². The molecular weight excluding hydrogens is 205 g/mol. The highest BCUT2D eigenvalue weighted by Gasteiger charge is 2.39. The fourth-order valence-corrected chi connectivity index (χ4v) is 1.33. The van der Waals surface area contributed by atoms with Gasteiger partial charge in [0.15, 0.2) is 0 Å².